The van der Waals surface area contributed by atoms with Crippen LogP contribution in [0.1, 0.15) is 34.1 Å². The van der Waals surface area contributed by atoms with E-state index in [0.717, 1.165) is 13.0 Å². The third kappa shape index (κ3) is 7.82. The summed E-state index contributed by atoms with van der Waals surface area (Å²) >= 11 is 0. The highest BCUT2D eigenvalue weighted by atomic mass is 16.3. The molecule has 68 valence electrons. The maximum Gasteiger partial charge on any atom is 0.0667 e. The Morgan fingerprint density at radius 2 is 1.73 bits per heavy atom. The van der Waals surface area contributed by atoms with Crippen molar-refractivity contribution < 1.29 is 5.11 Å². The van der Waals surface area contributed by atoms with Gasteiger partial charge in [0, 0.05) is 12.6 Å². The summed E-state index contributed by atoms with van der Waals surface area (Å²) in [6.45, 7) is 9.14. The molecule has 0 saturated heterocycles. The van der Waals surface area contributed by atoms with Crippen molar-refractivity contribution in [1.29, 1.82) is 0 Å². The second-order valence-electron chi connectivity index (χ2n) is 3.85. The number of rotatable bonds is 5. The van der Waals surface area contributed by atoms with E-state index >= 15 is 0 Å². The van der Waals surface area contributed by atoms with Crippen LogP contribution in [0, 0.1) is 5.92 Å². The van der Waals surface area contributed by atoms with E-state index < -0.39 is 0 Å². The fourth-order valence-electron chi connectivity index (χ4n) is 0.999. The molecule has 0 fully saturated rings. The zero-order valence-electron chi connectivity index (χ0n) is 8.09. The van der Waals surface area contributed by atoms with Crippen LogP contribution in [0.2, 0.25) is 0 Å². The largest absolute Gasteiger partial charge is 0.392 e. The van der Waals surface area contributed by atoms with Crippen LogP contribution in [-0.4, -0.2) is 23.8 Å². The molecule has 0 aliphatic rings. The zero-order chi connectivity index (χ0) is 8.85. The van der Waals surface area contributed by atoms with Crippen molar-refractivity contribution in [3.63, 3.8) is 0 Å². The summed E-state index contributed by atoms with van der Waals surface area (Å²) in [5.74, 6) is 0.582. The Morgan fingerprint density at radius 1 is 1.18 bits per heavy atom. The highest BCUT2D eigenvalue weighted by Crippen LogP contribution is 2.03. The topological polar surface area (TPSA) is 32.3 Å². The summed E-state index contributed by atoms with van der Waals surface area (Å²) in [7, 11) is 0. The third-order valence-corrected chi connectivity index (χ3v) is 1.51. The van der Waals surface area contributed by atoms with Gasteiger partial charge in [-0.2, -0.15) is 0 Å². The maximum atomic E-state index is 9.41. The number of nitrogens with one attached hydrogen (secondary N) is 1. The predicted molar refractivity (Wildman–Crippen MR) is 48.6 cm³/mol. The monoisotopic (exact) mass is 159 g/mol. The summed E-state index contributed by atoms with van der Waals surface area (Å²) < 4.78 is 0. The van der Waals surface area contributed by atoms with Gasteiger partial charge >= 0.3 is 0 Å². The minimum Gasteiger partial charge on any atom is -0.392 e. The Labute approximate surface area is 70.0 Å². The first kappa shape index (κ1) is 10.9. The molecule has 1 unspecified atom stereocenters. The lowest BCUT2D eigenvalue weighted by atomic mass is 10.1. The Morgan fingerprint density at radius 3 is 2.09 bits per heavy atom. The molecule has 0 aliphatic heterocycles. The fourth-order valence-corrected chi connectivity index (χ4v) is 0.999. The van der Waals surface area contributed by atoms with Crippen LogP contribution in [0.25, 0.3) is 0 Å². The highest BCUT2D eigenvalue weighted by Gasteiger charge is 2.06. The van der Waals surface area contributed by atoms with E-state index in [4.69, 9.17) is 0 Å². The lowest BCUT2D eigenvalue weighted by Gasteiger charge is -2.15. The smallest absolute Gasteiger partial charge is 0.0667 e. The highest BCUT2D eigenvalue weighted by molar-refractivity contribution is 4.63. The van der Waals surface area contributed by atoms with Gasteiger partial charge in [0.2, 0.25) is 0 Å². The molecule has 0 aromatic heterocycles. The molecule has 0 amide bonds. The molecule has 0 heterocycles. The lowest BCUT2D eigenvalue weighted by Crippen LogP contribution is -2.32. The van der Waals surface area contributed by atoms with E-state index in [1.807, 2.05) is 0 Å². The first-order valence-corrected chi connectivity index (χ1v) is 4.43. The van der Waals surface area contributed by atoms with Gasteiger partial charge in [0.25, 0.3) is 0 Å². The molecule has 0 aromatic rings. The minimum absolute atomic E-state index is 0.183. The zero-order valence-corrected chi connectivity index (χ0v) is 8.09. The van der Waals surface area contributed by atoms with Crippen LogP contribution >= 0.6 is 0 Å². The first-order chi connectivity index (χ1) is 5.02. The number of hydrogen-bond donors (Lipinski definition) is 2. The van der Waals surface area contributed by atoms with Crippen molar-refractivity contribution in [3.8, 4) is 0 Å². The Kier molecular flexibility index (Phi) is 5.51. The van der Waals surface area contributed by atoms with Gasteiger partial charge in [-0.15, -0.1) is 0 Å². The SMILES string of the molecule is CC(C)CC(O)CNC(C)C. The van der Waals surface area contributed by atoms with Crippen LogP contribution < -0.4 is 5.32 Å². The summed E-state index contributed by atoms with van der Waals surface area (Å²) in [5.41, 5.74) is 0. The van der Waals surface area contributed by atoms with Crippen molar-refractivity contribution in [2.24, 2.45) is 5.92 Å². The quantitative estimate of drug-likeness (QED) is 0.635. The predicted octanol–water partition coefficient (Wildman–Crippen LogP) is 1.39. The van der Waals surface area contributed by atoms with Crippen molar-refractivity contribution in [3.05, 3.63) is 0 Å². The van der Waals surface area contributed by atoms with Gasteiger partial charge in [0.1, 0.15) is 0 Å². The molecule has 2 heteroatoms. The second-order valence-corrected chi connectivity index (χ2v) is 3.85. The van der Waals surface area contributed by atoms with E-state index in [1.54, 1.807) is 0 Å². The summed E-state index contributed by atoms with van der Waals surface area (Å²) in [5, 5.41) is 12.6. The van der Waals surface area contributed by atoms with Gasteiger partial charge in [0.05, 0.1) is 6.10 Å². The summed E-state index contributed by atoms with van der Waals surface area (Å²) in [4.78, 5) is 0. The Balaban J connectivity index is 3.29. The summed E-state index contributed by atoms with van der Waals surface area (Å²) in [6.07, 6.45) is 0.706. The van der Waals surface area contributed by atoms with Crippen molar-refractivity contribution >= 4 is 0 Å². The molecule has 2 nitrogen and oxygen atoms in total. The third-order valence-electron chi connectivity index (χ3n) is 1.51. The van der Waals surface area contributed by atoms with Gasteiger partial charge in [-0.3, -0.25) is 0 Å². The first-order valence-electron chi connectivity index (χ1n) is 4.43. The minimum atomic E-state index is -0.183. The molecule has 11 heavy (non-hydrogen) atoms. The molecule has 0 spiro atoms. The van der Waals surface area contributed by atoms with E-state index in [0.29, 0.717) is 12.0 Å². The molecule has 0 aliphatic carbocycles. The Bertz CT molecular complexity index is 91.6. The van der Waals surface area contributed by atoms with Crippen LogP contribution in [0.15, 0.2) is 0 Å². The van der Waals surface area contributed by atoms with E-state index in [-0.39, 0.29) is 6.10 Å². The van der Waals surface area contributed by atoms with Crippen LogP contribution in [0.4, 0.5) is 0 Å². The van der Waals surface area contributed by atoms with Gasteiger partial charge in [-0.05, 0) is 12.3 Å². The summed E-state index contributed by atoms with van der Waals surface area (Å²) in [6, 6.07) is 0.469. The molecular weight excluding hydrogens is 138 g/mol. The van der Waals surface area contributed by atoms with Crippen molar-refractivity contribution in [1.82, 2.24) is 5.32 Å². The fraction of sp³-hybridized carbons (Fsp3) is 1.00. The van der Waals surface area contributed by atoms with Gasteiger partial charge < -0.3 is 10.4 Å². The average Bonchev–Trinajstić information content (AvgIpc) is 1.82. The molecule has 1 atom stereocenters. The number of hydrogen-bond acceptors (Lipinski definition) is 2. The van der Waals surface area contributed by atoms with Crippen LogP contribution in [0.3, 0.4) is 0 Å². The van der Waals surface area contributed by atoms with Gasteiger partial charge in [-0.25, -0.2) is 0 Å². The van der Waals surface area contributed by atoms with Crippen molar-refractivity contribution in [2.45, 2.75) is 46.3 Å². The van der Waals surface area contributed by atoms with E-state index in [1.165, 1.54) is 0 Å². The van der Waals surface area contributed by atoms with E-state index in [9.17, 15) is 5.11 Å². The second kappa shape index (κ2) is 5.56. The average molecular weight is 159 g/mol. The normalized spacial score (nSPS) is 14.5. The van der Waals surface area contributed by atoms with Gasteiger partial charge in [0.15, 0.2) is 0 Å². The van der Waals surface area contributed by atoms with E-state index in [2.05, 4.69) is 33.0 Å². The molecule has 0 saturated carbocycles. The Hall–Kier alpha value is -0.0800. The molecule has 0 radical (unpaired) electrons. The molecule has 0 bridgehead atoms. The van der Waals surface area contributed by atoms with Crippen LogP contribution in [-0.2, 0) is 0 Å². The van der Waals surface area contributed by atoms with Crippen LogP contribution in [0.5, 0.6) is 0 Å². The van der Waals surface area contributed by atoms with Gasteiger partial charge in [-0.1, -0.05) is 27.7 Å². The van der Waals surface area contributed by atoms with Crippen molar-refractivity contribution in [2.75, 3.05) is 6.54 Å². The molecular formula is C9H21NO. The standard InChI is InChI=1S/C9H21NO/c1-7(2)5-9(11)6-10-8(3)4/h7-11H,5-6H2,1-4H3. The number of aliphatic hydroxyl groups excluding tert-OH is 1. The maximum absolute atomic E-state index is 9.41. The number of aliphatic hydroxyl groups is 1. The molecule has 2 N–H and O–H groups in total. The molecule has 0 rings (SSSR count). The lowest BCUT2D eigenvalue weighted by molar-refractivity contribution is 0.144. The molecule has 0 aromatic carbocycles.